The molecule has 0 saturated carbocycles. The lowest BCUT2D eigenvalue weighted by atomic mass is 10.1. The number of anilines is 2. The van der Waals surface area contributed by atoms with Crippen molar-refractivity contribution in [3.05, 3.63) is 47.8 Å². The summed E-state index contributed by atoms with van der Waals surface area (Å²) < 4.78 is 5.16. The molecule has 3 N–H and O–H groups in total. The molecule has 1 amide bonds. The van der Waals surface area contributed by atoms with E-state index in [9.17, 15) is 4.79 Å². The van der Waals surface area contributed by atoms with E-state index >= 15 is 0 Å². The van der Waals surface area contributed by atoms with Crippen LogP contribution in [0.2, 0.25) is 0 Å². The van der Waals surface area contributed by atoms with E-state index in [1.54, 1.807) is 30.6 Å². The average molecular weight is 257 g/mol. The molecule has 5 nitrogen and oxygen atoms in total. The van der Waals surface area contributed by atoms with Crippen molar-refractivity contribution in [1.29, 1.82) is 0 Å². The van der Waals surface area contributed by atoms with Gasteiger partial charge in [-0.3, -0.25) is 9.78 Å². The first kappa shape index (κ1) is 12.9. The first-order chi connectivity index (χ1) is 9.13. The molecule has 1 aromatic heterocycles. The maximum absolute atomic E-state index is 12.3. The molecule has 0 unspecified atom stereocenters. The molecule has 2 rings (SSSR count). The van der Waals surface area contributed by atoms with E-state index in [0.29, 0.717) is 22.7 Å². The van der Waals surface area contributed by atoms with Crippen LogP contribution in [0.15, 0.2) is 36.7 Å². The average Bonchev–Trinajstić information content (AvgIpc) is 2.40. The minimum absolute atomic E-state index is 0.314. The predicted octanol–water partition coefficient (Wildman–Crippen LogP) is 2.23. The van der Waals surface area contributed by atoms with Gasteiger partial charge in [-0.1, -0.05) is 6.07 Å². The Morgan fingerprint density at radius 2 is 2.16 bits per heavy atom. The highest BCUT2D eigenvalue weighted by molar-refractivity contribution is 6.09. The first-order valence-corrected chi connectivity index (χ1v) is 5.78. The van der Waals surface area contributed by atoms with Crippen molar-refractivity contribution in [2.75, 3.05) is 18.2 Å². The van der Waals surface area contributed by atoms with E-state index < -0.39 is 0 Å². The van der Waals surface area contributed by atoms with Crippen LogP contribution >= 0.6 is 0 Å². The van der Waals surface area contributed by atoms with Gasteiger partial charge in [-0.25, -0.2) is 0 Å². The van der Waals surface area contributed by atoms with Gasteiger partial charge in [-0.2, -0.15) is 0 Å². The Kier molecular flexibility index (Phi) is 3.66. The monoisotopic (exact) mass is 257 g/mol. The number of pyridine rings is 1. The zero-order valence-electron chi connectivity index (χ0n) is 10.8. The molecule has 98 valence electrons. The number of ether oxygens (including phenoxy) is 1. The van der Waals surface area contributed by atoms with Crippen LogP contribution in [-0.2, 0) is 0 Å². The van der Waals surface area contributed by atoms with Crippen LogP contribution in [0.5, 0.6) is 5.75 Å². The van der Waals surface area contributed by atoms with E-state index in [1.165, 1.54) is 7.11 Å². The van der Waals surface area contributed by atoms with Gasteiger partial charge in [-0.05, 0) is 30.7 Å². The number of hydrogen-bond donors (Lipinski definition) is 2. The van der Waals surface area contributed by atoms with Gasteiger partial charge in [0, 0.05) is 11.9 Å². The van der Waals surface area contributed by atoms with Crippen molar-refractivity contribution in [3.8, 4) is 5.75 Å². The topological polar surface area (TPSA) is 77.2 Å². The molecule has 0 bridgehead atoms. The fourth-order valence-corrected chi connectivity index (χ4v) is 1.74. The Labute approximate surface area is 111 Å². The van der Waals surface area contributed by atoms with Gasteiger partial charge in [0.2, 0.25) is 0 Å². The zero-order valence-corrected chi connectivity index (χ0v) is 10.8. The number of hydrogen-bond acceptors (Lipinski definition) is 4. The quantitative estimate of drug-likeness (QED) is 0.827. The number of methoxy groups -OCH3 is 1. The van der Waals surface area contributed by atoms with Gasteiger partial charge in [0.1, 0.15) is 11.3 Å². The Hall–Kier alpha value is -2.56. The van der Waals surface area contributed by atoms with E-state index in [2.05, 4.69) is 10.3 Å². The summed E-state index contributed by atoms with van der Waals surface area (Å²) in [5.74, 6) is 0.130. The molecule has 19 heavy (non-hydrogen) atoms. The highest BCUT2D eigenvalue weighted by Crippen LogP contribution is 2.25. The van der Waals surface area contributed by atoms with E-state index in [1.807, 2.05) is 13.0 Å². The van der Waals surface area contributed by atoms with Gasteiger partial charge < -0.3 is 15.8 Å². The summed E-state index contributed by atoms with van der Waals surface area (Å²) in [5.41, 5.74) is 8.11. The number of aromatic nitrogens is 1. The number of rotatable bonds is 3. The van der Waals surface area contributed by atoms with Crippen LogP contribution in [-0.4, -0.2) is 18.0 Å². The number of nitrogens with one attached hydrogen (secondary N) is 1. The lowest BCUT2D eigenvalue weighted by Gasteiger charge is -2.12. The molecule has 2 aromatic rings. The molecule has 0 aliphatic rings. The fourth-order valence-electron chi connectivity index (χ4n) is 1.74. The molecule has 0 spiro atoms. The van der Waals surface area contributed by atoms with Crippen LogP contribution in [0.1, 0.15) is 15.9 Å². The number of nitrogens with two attached hydrogens (primary N) is 1. The van der Waals surface area contributed by atoms with Crippen LogP contribution in [0.4, 0.5) is 11.4 Å². The second kappa shape index (κ2) is 5.39. The third-order valence-corrected chi connectivity index (χ3v) is 2.79. The van der Waals surface area contributed by atoms with Crippen molar-refractivity contribution in [2.45, 2.75) is 6.92 Å². The molecule has 0 aliphatic carbocycles. The number of carbonyl (C=O) groups excluding carboxylic acids is 1. The lowest BCUT2D eigenvalue weighted by molar-refractivity contribution is 0.102. The van der Waals surface area contributed by atoms with Crippen LogP contribution in [0, 0.1) is 6.92 Å². The molecular weight excluding hydrogens is 242 g/mol. The summed E-state index contributed by atoms with van der Waals surface area (Å²) >= 11 is 0. The van der Waals surface area contributed by atoms with Crippen molar-refractivity contribution in [2.24, 2.45) is 0 Å². The number of nitrogens with zero attached hydrogens (tertiary/aromatic N) is 1. The van der Waals surface area contributed by atoms with Gasteiger partial charge in [0.25, 0.3) is 5.91 Å². The SMILES string of the molecule is COc1cccc(N)c1C(=O)Nc1cnccc1C. The summed E-state index contributed by atoms with van der Waals surface area (Å²) in [5, 5.41) is 2.78. The maximum Gasteiger partial charge on any atom is 0.261 e. The van der Waals surface area contributed by atoms with E-state index in [-0.39, 0.29) is 5.91 Å². The minimum Gasteiger partial charge on any atom is -0.496 e. The standard InChI is InChI=1S/C14H15N3O2/c1-9-6-7-16-8-11(9)17-14(18)13-10(15)4-3-5-12(13)19-2/h3-8H,15H2,1-2H3,(H,17,18). The molecule has 0 aliphatic heterocycles. The molecule has 0 fully saturated rings. The highest BCUT2D eigenvalue weighted by atomic mass is 16.5. The molecule has 5 heteroatoms. The third-order valence-electron chi connectivity index (χ3n) is 2.79. The first-order valence-electron chi connectivity index (χ1n) is 5.78. The maximum atomic E-state index is 12.3. The summed E-state index contributed by atoms with van der Waals surface area (Å²) in [6.07, 6.45) is 3.27. The predicted molar refractivity (Wildman–Crippen MR) is 74.3 cm³/mol. The van der Waals surface area contributed by atoms with E-state index in [4.69, 9.17) is 10.5 Å². The Morgan fingerprint density at radius 1 is 1.37 bits per heavy atom. The Balaban J connectivity index is 2.33. The molecule has 0 saturated heterocycles. The van der Waals surface area contributed by atoms with Crippen LogP contribution in [0.25, 0.3) is 0 Å². The number of amides is 1. The molecular formula is C14H15N3O2. The Morgan fingerprint density at radius 3 is 2.84 bits per heavy atom. The zero-order chi connectivity index (χ0) is 13.8. The molecule has 1 aromatic carbocycles. The highest BCUT2D eigenvalue weighted by Gasteiger charge is 2.16. The lowest BCUT2D eigenvalue weighted by Crippen LogP contribution is -2.16. The van der Waals surface area contributed by atoms with Gasteiger partial charge in [0.15, 0.2) is 0 Å². The van der Waals surface area contributed by atoms with Crippen molar-refractivity contribution in [3.63, 3.8) is 0 Å². The number of benzene rings is 1. The second-order valence-corrected chi connectivity index (χ2v) is 4.07. The summed E-state index contributed by atoms with van der Waals surface area (Å²) in [4.78, 5) is 16.2. The Bertz CT molecular complexity index is 611. The number of carbonyl (C=O) groups is 1. The summed E-state index contributed by atoms with van der Waals surface area (Å²) in [6.45, 7) is 1.89. The smallest absolute Gasteiger partial charge is 0.261 e. The summed E-state index contributed by atoms with van der Waals surface area (Å²) in [7, 11) is 1.50. The van der Waals surface area contributed by atoms with E-state index in [0.717, 1.165) is 5.56 Å². The molecule has 0 atom stereocenters. The van der Waals surface area contributed by atoms with Crippen LogP contribution < -0.4 is 15.8 Å². The number of nitrogen functional groups attached to an aromatic ring is 1. The van der Waals surface area contributed by atoms with Gasteiger partial charge >= 0.3 is 0 Å². The van der Waals surface area contributed by atoms with Crippen molar-refractivity contribution in [1.82, 2.24) is 4.98 Å². The van der Waals surface area contributed by atoms with Crippen LogP contribution in [0.3, 0.4) is 0 Å². The molecule has 0 radical (unpaired) electrons. The normalized spacial score (nSPS) is 10.0. The molecule has 1 heterocycles. The van der Waals surface area contributed by atoms with Gasteiger partial charge in [0.05, 0.1) is 19.0 Å². The number of aryl methyl sites for hydroxylation is 1. The van der Waals surface area contributed by atoms with Gasteiger partial charge in [-0.15, -0.1) is 0 Å². The summed E-state index contributed by atoms with van der Waals surface area (Å²) in [6, 6.07) is 6.91. The largest absolute Gasteiger partial charge is 0.496 e. The third kappa shape index (κ3) is 2.65. The second-order valence-electron chi connectivity index (χ2n) is 4.07. The van der Waals surface area contributed by atoms with Crippen molar-refractivity contribution < 1.29 is 9.53 Å². The fraction of sp³-hybridized carbons (Fsp3) is 0.143. The minimum atomic E-state index is -0.314. The van der Waals surface area contributed by atoms with Crippen molar-refractivity contribution >= 4 is 17.3 Å².